The van der Waals surface area contributed by atoms with Crippen LogP contribution in [0.5, 0.6) is 0 Å². The summed E-state index contributed by atoms with van der Waals surface area (Å²) < 4.78 is 10.6. The van der Waals surface area contributed by atoms with Gasteiger partial charge in [0.1, 0.15) is 0 Å². The van der Waals surface area contributed by atoms with Crippen molar-refractivity contribution in [3.8, 4) is 0 Å². The number of rotatable bonds is 4. The Bertz CT molecular complexity index is 283. The first-order valence-electron chi connectivity index (χ1n) is 6.85. The number of ether oxygens (including phenoxy) is 2. The van der Waals surface area contributed by atoms with Gasteiger partial charge in [0.15, 0.2) is 5.96 Å². The zero-order chi connectivity index (χ0) is 12.8. The molecule has 112 valence electrons. The normalized spacial score (nSPS) is 27.5. The summed E-state index contributed by atoms with van der Waals surface area (Å²) in [5.41, 5.74) is 0. The second kappa shape index (κ2) is 8.97. The van der Waals surface area contributed by atoms with Crippen LogP contribution in [0.1, 0.15) is 12.8 Å². The first-order chi connectivity index (χ1) is 8.83. The lowest BCUT2D eigenvalue weighted by Crippen LogP contribution is -2.42. The van der Waals surface area contributed by atoms with E-state index in [4.69, 9.17) is 9.47 Å². The second-order valence-electron chi connectivity index (χ2n) is 5.21. The van der Waals surface area contributed by atoms with Crippen molar-refractivity contribution in [2.45, 2.75) is 12.8 Å². The molecule has 6 heteroatoms. The van der Waals surface area contributed by atoms with E-state index in [2.05, 4.69) is 15.2 Å². The zero-order valence-electron chi connectivity index (χ0n) is 11.9. The number of aliphatic imine (C=N–C) groups is 1. The van der Waals surface area contributed by atoms with Gasteiger partial charge in [0.25, 0.3) is 0 Å². The van der Waals surface area contributed by atoms with E-state index in [-0.39, 0.29) is 24.0 Å². The Kier molecular flexibility index (Phi) is 8.01. The molecule has 0 aromatic rings. The Balaban J connectivity index is 0.00000180. The van der Waals surface area contributed by atoms with Crippen LogP contribution < -0.4 is 5.32 Å². The molecule has 2 saturated heterocycles. The monoisotopic (exact) mass is 383 g/mol. The number of methoxy groups -OCH3 is 1. The third-order valence-corrected chi connectivity index (χ3v) is 3.77. The van der Waals surface area contributed by atoms with Crippen LogP contribution in [0.15, 0.2) is 4.99 Å². The maximum atomic E-state index is 5.39. The minimum atomic E-state index is 0. The first-order valence-corrected chi connectivity index (χ1v) is 6.85. The van der Waals surface area contributed by atoms with Gasteiger partial charge in [0.2, 0.25) is 0 Å². The van der Waals surface area contributed by atoms with Gasteiger partial charge in [-0.05, 0) is 12.8 Å². The molecule has 0 spiro atoms. The summed E-state index contributed by atoms with van der Waals surface area (Å²) in [5, 5.41) is 3.47. The van der Waals surface area contributed by atoms with Crippen molar-refractivity contribution < 1.29 is 9.47 Å². The lowest BCUT2D eigenvalue weighted by molar-refractivity contribution is 0.157. The standard InChI is InChI=1S/C13H25N3O2.HI/c1-14-13(15-7-11-4-6-18-10-11)16-5-3-12(8-16)9-17-2;/h11-12H,3-10H2,1-2H3,(H,14,15);1H. The van der Waals surface area contributed by atoms with Gasteiger partial charge in [-0.15, -0.1) is 24.0 Å². The molecule has 0 amide bonds. The van der Waals surface area contributed by atoms with Crippen LogP contribution in [0, 0.1) is 11.8 Å². The van der Waals surface area contributed by atoms with E-state index in [1.54, 1.807) is 7.11 Å². The molecule has 0 aliphatic carbocycles. The molecule has 19 heavy (non-hydrogen) atoms. The molecule has 2 heterocycles. The third-order valence-electron chi connectivity index (χ3n) is 3.77. The van der Waals surface area contributed by atoms with Crippen LogP contribution in [0.25, 0.3) is 0 Å². The average molecular weight is 383 g/mol. The van der Waals surface area contributed by atoms with Gasteiger partial charge in [-0.3, -0.25) is 4.99 Å². The summed E-state index contributed by atoms with van der Waals surface area (Å²) in [6, 6.07) is 0. The first kappa shape index (κ1) is 17.0. The second-order valence-corrected chi connectivity index (χ2v) is 5.21. The van der Waals surface area contributed by atoms with Crippen molar-refractivity contribution in [3.63, 3.8) is 0 Å². The molecule has 1 N–H and O–H groups in total. The van der Waals surface area contributed by atoms with Crippen LogP contribution in [-0.4, -0.2) is 64.5 Å². The summed E-state index contributed by atoms with van der Waals surface area (Å²) in [6.07, 6.45) is 2.36. The van der Waals surface area contributed by atoms with E-state index in [1.807, 2.05) is 7.05 Å². The number of hydrogen-bond donors (Lipinski definition) is 1. The van der Waals surface area contributed by atoms with Crippen LogP contribution in [0.3, 0.4) is 0 Å². The van der Waals surface area contributed by atoms with Crippen LogP contribution in [0.4, 0.5) is 0 Å². The van der Waals surface area contributed by atoms with Gasteiger partial charge in [-0.25, -0.2) is 0 Å². The fourth-order valence-electron chi connectivity index (χ4n) is 2.71. The predicted molar refractivity (Wildman–Crippen MR) is 87.3 cm³/mol. The van der Waals surface area contributed by atoms with Gasteiger partial charge in [0.05, 0.1) is 13.2 Å². The Labute approximate surface area is 133 Å². The van der Waals surface area contributed by atoms with E-state index >= 15 is 0 Å². The fraction of sp³-hybridized carbons (Fsp3) is 0.923. The number of halogens is 1. The number of nitrogens with zero attached hydrogens (tertiary/aromatic N) is 2. The molecule has 0 aromatic heterocycles. The van der Waals surface area contributed by atoms with Crippen LogP contribution >= 0.6 is 24.0 Å². The molecule has 5 nitrogen and oxygen atoms in total. The molecule has 2 fully saturated rings. The maximum absolute atomic E-state index is 5.39. The Hall–Kier alpha value is -0.0800. The van der Waals surface area contributed by atoms with E-state index in [0.29, 0.717) is 11.8 Å². The van der Waals surface area contributed by atoms with Crippen molar-refractivity contribution in [3.05, 3.63) is 0 Å². The summed E-state index contributed by atoms with van der Waals surface area (Å²) >= 11 is 0. The zero-order valence-corrected chi connectivity index (χ0v) is 14.3. The molecule has 0 saturated carbocycles. The summed E-state index contributed by atoms with van der Waals surface area (Å²) in [4.78, 5) is 6.71. The highest BCUT2D eigenvalue weighted by Crippen LogP contribution is 2.17. The molecule has 2 unspecified atom stereocenters. The Morgan fingerprint density at radius 3 is 2.89 bits per heavy atom. The van der Waals surface area contributed by atoms with Crippen molar-refractivity contribution in [1.29, 1.82) is 0 Å². The lowest BCUT2D eigenvalue weighted by atomic mass is 10.1. The van der Waals surface area contributed by atoms with E-state index in [1.165, 1.54) is 6.42 Å². The minimum Gasteiger partial charge on any atom is -0.384 e. The molecule has 0 bridgehead atoms. The van der Waals surface area contributed by atoms with Gasteiger partial charge in [-0.1, -0.05) is 0 Å². The molecule has 2 aliphatic rings. The SMILES string of the molecule is CN=C(NCC1CCOC1)N1CCC(COC)C1.I. The molecule has 0 radical (unpaired) electrons. The smallest absolute Gasteiger partial charge is 0.193 e. The lowest BCUT2D eigenvalue weighted by Gasteiger charge is -2.22. The van der Waals surface area contributed by atoms with Gasteiger partial charge in [0, 0.05) is 52.2 Å². The quantitative estimate of drug-likeness (QED) is 0.450. The average Bonchev–Trinajstić information content (AvgIpc) is 3.02. The fourth-order valence-corrected chi connectivity index (χ4v) is 2.71. The van der Waals surface area contributed by atoms with Crippen molar-refractivity contribution in [2.75, 3.05) is 53.6 Å². The molecule has 0 aromatic carbocycles. The van der Waals surface area contributed by atoms with Crippen molar-refractivity contribution >= 4 is 29.9 Å². The largest absolute Gasteiger partial charge is 0.384 e. The van der Waals surface area contributed by atoms with E-state index in [0.717, 1.165) is 51.8 Å². The summed E-state index contributed by atoms with van der Waals surface area (Å²) in [7, 11) is 3.63. The Morgan fingerprint density at radius 1 is 1.42 bits per heavy atom. The minimum absolute atomic E-state index is 0. The number of likely N-dealkylation sites (tertiary alicyclic amines) is 1. The highest BCUT2D eigenvalue weighted by Gasteiger charge is 2.25. The summed E-state index contributed by atoms with van der Waals surface area (Å²) in [6.45, 7) is 5.74. The highest BCUT2D eigenvalue weighted by atomic mass is 127. The van der Waals surface area contributed by atoms with Crippen LogP contribution in [0.2, 0.25) is 0 Å². The predicted octanol–water partition coefficient (Wildman–Crippen LogP) is 1.18. The van der Waals surface area contributed by atoms with Gasteiger partial charge in [-0.2, -0.15) is 0 Å². The number of guanidine groups is 1. The number of nitrogens with one attached hydrogen (secondary N) is 1. The van der Waals surface area contributed by atoms with Crippen molar-refractivity contribution in [2.24, 2.45) is 16.8 Å². The molecule has 2 rings (SSSR count). The van der Waals surface area contributed by atoms with Gasteiger partial charge < -0.3 is 19.7 Å². The van der Waals surface area contributed by atoms with E-state index in [9.17, 15) is 0 Å². The molecule has 2 aliphatic heterocycles. The topological polar surface area (TPSA) is 46.1 Å². The Morgan fingerprint density at radius 2 is 2.26 bits per heavy atom. The molecule has 2 atom stereocenters. The maximum Gasteiger partial charge on any atom is 0.193 e. The van der Waals surface area contributed by atoms with Crippen LogP contribution in [-0.2, 0) is 9.47 Å². The third kappa shape index (κ3) is 5.07. The summed E-state index contributed by atoms with van der Waals surface area (Å²) in [5.74, 6) is 2.31. The van der Waals surface area contributed by atoms with E-state index < -0.39 is 0 Å². The molecular weight excluding hydrogens is 357 g/mol. The van der Waals surface area contributed by atoms with Gasteiger partial charge >= 0.3 is 0 Å². The molecular formula is C13H26IN3O2. The number of hydrogen-bond acceptors (Lipinski definition) is 3. The highest BCUT2D eigenvalue weighted by molar-refractivity contribution is 14.0. The van der Waals surface area contributed by atoms with Crippen molar-refractivity contribution in [1.82, 2.24) is 10.2 Å².